The predicted octanol–water partition coefficient (Wildman–Crippen LogP) is 4.73. The highest BCUT2D eigenvalue weighted by Gasteiger charge is 1.95. The van der Waals surface area contributed by atoms with E-state index < -0.39 is 0 Å². The average molecular weight is 230 g/mol. The van der Waals surface area contributed by atoms with Crippen molar-refractivity contribution in [2.45, 2.75) is 72.1 Å². The van der Waals surface area contributed by atoms with E-state index in [2.05, 4.69) is 20.8 Å². The van der Waals surface area contributed by atoms with Crippen molar-refractivity contribution in [3.8, 4) is 0 Å². The van der Waals surface area contributed by atoms with E-state index in [1.165, 1.54) is 38.5 Å². The van der Waals surface area contributed by atoms with Crippen molar-refractivity contribution in [2.75, 3.05) is 13.2 Å². The van der Waals surface area contributed by atoms with E-state index in [0.29, 0.717) is 0 Å². The molecule has 0 aromatic heterocycles. The molecule has 0 bridgehead atoms. The van der Waals surface area contributed by atoms with Gasteiger partial charge in [-0.2, -0.15) is 0 Å². The van der Waals surface area contributed by atoms with E-state index in [4.69, 9.17) is 9.78 Å². The normalized spacial score (nSPS) is 11.2. The highest BCUT2D eigenvalue weighted by Crippen LogP contribution is 2.09. The van der Waals surface area contributed by atoms with Gasteiger partial charge < -0.3 is 0 Å². The molecule has 98 valence electrons. The van der Waals surface area contributed by atoms with E-state index in [9.17, 15) is 0 Å². The molecule has 0 amide bonds. The van der Waals surface area contributed by atoms with Gasteiger partial charge in [-0.15, -0.1) is 0 Å². The lowest BCUT2D eigenvalue weighted by molar-refractivity contribution is -0.295. The molecule has 0 spiro atoms. The van der Waals surface area contributed by atoms with Crippen LogP contribution in [-0.2, 0) is 9.78 Å². The van der Waals surface area contributed by atoms with Crippen LogP contribution in [0.4, 0.5) is 0 Å². The highest BCUT2D eigenvalue weighted by molar-refractivity contribution is 4.47. The lowest BCUT2D eigenvalue weighted by atomic mass is 10.0. The molecule has 2 heteroatoms. The highest BCUT2D eigenvalue weighted by atomic mass is 17.2. The summed E-state index contributed by atoms with van der Waals surface area (Å²) >= 11 is 0. The minimum absolute atomic E-state index is 0.751. The molecule has 0 fully saturated rings. The SMILES string of the molecule is CCCCCOOCCCCCCC(C)C. The van der Waals surface area contributed by atoms with Crippen LogP contribution in [0.1, 0.15) is 72.1 Å². The van der Waals surface area contributed by atoms with Gasteiger partial charge in [0.05, 0.1) is 13.2 Å². The first-order chi connectivity index (χ1) is 7.77. The van der Waals surface area contributed by atoms with Gasteiger partial charge in [0.25, 0.3) is 0 Å². The molecule has 0 atom stereocenters. The summed E-state index contributed by atoms with van der Waals surface area (Å²) in [6, 6.07) is 0. The molecular formula is C14H30O2. The molecule has 0 aliphatic rings. The zero-order valence-corrected chi connectivity index (χ0v) is 11.5. The minimum Gasteiger partial charge on any atom is -0.237 e. The van der Waals surface area contributed by atoms with E-state index in [0.717, 1.165) is 32.0 Å². The fourth-order valence-electron chi connectivity index (χ4n) is 1.60. The Morgan fingerprint density at radius 1 is 0.750 bits per heavy atom. The monoisotopic (exact) mass is 230 g/mol. The van der Waals surface area contributed by atoms with Crippen LogP contribution in [-0.4, -0.2) is 13.2 Å². The Balaban J connectivity index is 2.88. The van der Waals surface area contributed by atoms with Crippen molar-refractivity contribution in [3.63, 3.8) is 0 Å². The summed E-state index contributed by atoms with van der Waals surface area (Å²) in [7, 11) is 0. The number of rotatable bonds is 12. The van der Waals surface area contributed by atoms with Gasteiger partial charge >= 0.3 is 0 Å². The van der Waals surface area contributed by atoms with Gasteiger partial charge in [-0.3, -0.25) is 0 Å². The summed E-state index contributed by atoms with van der Waals surface area (Å²) in [5.41, 5.74) is 0. The molecule has 0 rings (SSSR count). The molecular weight excluding hydrogens is 200 g/mol. The molecule has 16 heavy (non-hydrogen) atoms. The van der Waals surface area contributed by atoms with Crippen molar-refractivity contribution >= 4 is 0 Å². The summed E-state index contributed by atoms with van der Waals surface area (Å²) in [6.07, 6.45) is 10.0. The Kier molecular flexibility index (Phi) is 12.9. The molecule has 0 heterocycles. The zero-order chi connectivity index (χ0) is 12.1. The third kappa shape index (κ3) is 13.9. The van der Waals surface area contributed by atoms with Gasteiger partial charge in [0.15, 0.2) is 0 Å². The van der Waals surface area contributed by atoms with Gasteiger partial charge in [0.2, 0.25) is 0 Å². The Morgan fingerprint density at radius 2 is 1.31 bits per heavy atom. The van der Waals surface area contributed by atoms with Crippen LogP contribution in [0.25, 0.3) is 0 Å². The molecule has 2 nitrogen and oxygen atoms in total. The second kappa shape index (κ2) is 13.0. The van der Waals surface area contributed by atoms with Crippen molar-refractivity contribution in [2.24, 2.45) is 5.92 Å². The van der Waals surface area contributed by atoms with Crippen LogP contribution >= 0.6 is 0 Å². The van der Waals surface area contributed by atoms with Crippen molar-refractivity contribution in [1.82, 2.24) is 0 Å². The summed E-state index contributed by atoms with van der Waals surface area (Å²) in [5.74, 6) is 0.846. The number of unbranched alkanes of at least 4 members (excludes halogenated alkanes) is 5. The van der Waals surface area contributed by atoms with E-state index in [1.807, 2.05) is 0 Å². The first-order valence-electron chi connectivity index (χ1n) is 7.01. The Hall–Kier alpha value is -0.0800. The van der Waals surface area contributed by atoms with E-state index >= 15 is 0 Å². The molecule has 0 saturated carbocycles. The van der Waals surface area contributed by atoms with Gasteiger partial charge in [-0.25, -0.2) is 9.78 Å². The molecule has 0 aromatic carbocycles. The third-order valence-electron chi connectivity index (χ3n) is 2.67. The summed E-state index contributed by atoms with van der Waals surface area (Å²) < 4.78 is 0. The molecule has 0 unspecified atom stereocenters. The molecule has 0 aromatic rings. The molecule has 0 aliphatic heterocycles. The van der Waals surface area contributed by atoms with Crippen LogP contribution in [0.2, 0.25) is 0 Å². The van der Waals surface area contributed by atoms with E-state index in [-0.39, 0.29) is 0 Å². The summed E-state index contributed by atoms with van der Waals surface area (Å²) in [4.78, 5) is 10.2. The molecule has 0 N–H and O–H groups in total. The number of hydrogen-bond acceptors (Lipinski definition) is 2. The minimum atomic E-state index is 0.751. The Labute approximate surface area is 102 Å². The van der Waals surface area contributed by atoms with Crippen LogP contribution < -0.4 is 0 Å². The average Bonchev–Trinajstić information content (AvgIpc) is 2.25. The zero-order valence-electron chi connectivity index (χ0n) is 11.5. The fraction of sp³-hybridized carbons (Fsp3) is 1.00. The maximum absolute atomic E-state index is 5.11. The molecule has 0 aliphatic carbocycles. The van der Waals surface area contributed by atoms with Crippen LogP contribution in [0.5, 0.6) is 0 Å². The standard InChI is InChI=1S/C14H30O2/c1-4-5-9-12-15-16-13-10-7-6-8-11-14(2)3/h14H,4-13H2,1-3H3. The van der Waals surface area contributed by atoms with Crippen LogP contribution in [0, 0.1) is 5.92 Å². The maximum Gasteiger partial charge on any atom is 0.0822 e. The third-order valence-corrected chi connectivity index (χ3v) is 2.67. The van der Waals surface area contributed by atoms with Gasteiger partial charge in [-0.05, 0) is 18.8 Å². The predicted molar refractivity (Wildman–Crippen MR) is 69.4 cm³/mol. The molecule has 0 radical (unpaired) electrons. The van der Waals surface area contributed by atoms with Crippen molar-refractivity contribution < 1.29 is 9.78 Å². The van der Waals surface area contributed by atoms with Gasteiger partial charge in [-0.1, -0.05) is 59.3 Å². The summed E-state index contributed by atoms with van der Waals surface area (Å²) in [6.45, 7) is 8.27. The van der Waals surface area contributed by atoms with Gasteiger partial charge in [0, 0.05) is 0 Å². The number of hydrogen-bond donors (Lipinski definition) is 0. The Bertz CT molecular complexity index is 124. The first-order valence-corrected chi connectivity index (χ1v) is 7.01. The Morgan fingerprint density at radius 3 is 1.88 bits per heavy atom. The quantitative estimate of drug-likeness (QED) is 0.274. The van der Waals surface area contributed by atoms with Crippen molar-refractivity contribution in [1.29, 1.82) is 0 Å². The lowest BCUT2D eigenvalue weighted by Gasteiger charge is -2.05. The second-order valence-corrected chi connectivity index (χ2v) is 4.95. The van der Waals surface area contributed by atoms with Crippen LogP contribution in [0.15, 0.2) is 0 Å². The van der Waals surface area contributed by atoms with Crippen molar-refractivity contribution in [3.05, 3.63) is 0 Å². The van der Waals surface area contributed by atoms with Crippen LogP contribution in [0.3, 0.4) is 0 Å². The lowest BCUT2D eigenvalue weighted by Crippen LogP contribution is -1.99. The second-order valence-electron chi connectivity index (χ2n) is 4.95. The topological polar surface area (TPSA) is 18.5 Å². The smallest absolute Gasteiger partial charge is 0.0822 e. The largest absolute Gasteiger partial charge is 0.237 e. The fourth-order valence-corrected chi connectivity index (χ4v) is 1.60. The molecule has 0 saturated heterocycles. The van der Waals surface area contributed by atoms with Gasteiger partial charge in [0.1, 0.15) is 0 Å². The maximum atomic E-state index is 5.11. The first kappa shape index (κ1) is 15.9. The summed E-state index contributed by atoms with van der Waals surface area (Å²) in [5, 5.41) is 0. The van der Waals surface area contributed by atoms with E-state index in [1.54, 1.807) is 0 Å².